The first-order valence-electron chi connectivity index (χ1n) is 11.4. The predicted molar refractivity (Wildman–Crippen MR) is 127 cm³/mol. The first-order chi connectivity index (χ1) is 15.1. The van der Waals surface area contributed by atoms with Crippen LogP contribution in [0.4, 0.5) is 0 Å². The average Bonchev–Trinajstić information content (AvgIpc) is 3.10. The lowest BCUT2D eigenvalue weighted by molar-refractivity contribution is -0.118. The molecule has 0 fully saturated rings. The van der Waals surface area contributed by atoms with Crippen molar-refractivity contribution in [3.8, 4) is 5.75 Å². The molecule has 1 N–H and O–H groups in total. The Morgan fingerprint density at radius 3 is 2.68 bits per heavy atom. The first kappa shape index (κ1) is 22.9. The molecule has 1 heterocycles. The van der Waals surface area contributed by atoms with Gasteiger partial charge in [0.15, 0.2) is 0 Å². The maximum atomic E-state index is 11.0. The van der Waals surface area contributed by atoms with Crippen molar-refractivity contribution in [2.45, 2.75) is 65.8 Å². The summed E-state index contributed by atoms with van der Waals surface area (Å²) in [7, 11) is 0. The fourth-order valence-electron chi connectivity index (χ4n) is 3.85. The van der Waals surface area contributed by atoms with E-state index in [1.165, 1.54) is 16.6 Å². The van der Waals surface area contributed by atoms with Crippen molar-refractivity contribution < 1.29 is 9.53 Å². The normalized spacial score (nSPS) is 11.1. The van der Waals surface area contributed by atoms with Gasteiger partial charge in [-0.3, -0.25) is 4.79 Å². The number of aromatic nitrogens is 2. The summed E-state index contributed by atoms with van der Waals surface area (Å²) in [5, 5.41) is 2.86. The van der Waals surface area contributed by atoms with Gasteiger partial charge < -0.3 is 14.6 Å². The maximum Gasteiger partial charge on any atom is 0.216 e. The van der Waals surface area contributed by atoms with Gasteiger partial charge in [-0.15, -0.1) is 0 Å². The van der Waals surface area contributed by atoms with Crippen LogP contribution in [0.2, 0.25) is 0 Å². The van der Waals surface area contributed by atoms with Crippen molar-refractivity contribution in [1.29, 1.82) is 0 Å². The second-order valence-corrected chi connectivity index (χ2v) is 8.22. The molecule has 31 heavy (non-hydrogen) atoms. The van der Waals surface area contributed by atoms with Gasteiger partial charge in [-0.1, -0.05) is 30.7 Å². The zero-order valence-electron chi connectivity index (χ0n) is 19.1. The van der Waals surface area contributed by atoms with Crippen LogP contribution in [0, 0.1) is 13.8 Å². The highest BCUT2D eigenvalue weighted by Crippen LogP contribution is 2.21. The van der Waals surface area contributed by atoms with E-state index < -0.39 is 0 Å². The molecule has 0 aliphatic rings. The van der Waals surface area contributed by atoms with Crippen LogP contribution in [-0.4, -0.2) is 28.6 Å². The number of ether oxygens (including phenoxy) is 1. The average molecular weight is 422 g/mol. The molecule has 0 spiro atoms. The largest absolute Gasteiger partial charge is 0.493 e. The molecule has 0 radical (unpaired) electrons. The molecular weight excluding hydrogens is 386 g/mol. The zero-order valence-corrected chi connectivity index (χ0v) is 19.1. The van der Waals surface area contributed by atoms with Crippen molar-refractivity contribution in [2.24, 2.45) is 0 Å². The third-order valence-electron chi connectivity index (χ3n) is 5.77. The number of hydrogen-bond donors (Lipinski definition) is 1. The van der Waals surface area contributed by atoms with E-state index in [0.717, 1.165) is 75.3 Å². The van der Waals surface area contributed by atoms with Gasteiger partial charge in [-0.05, 0) is 68.9 Å². The van der Waals surface area contributed by atoms with Crippen LogP contribution < -0.4 is 10.1 Å². The molecule has 0 unspecified atom stereocenters. The number of aryl methyl sites for hydroxylation is 3. The van der Waals surface area contributed by atoms with Crippen LogP contribution in [-0.2, 0) is 17.8 Å². The second-order valence-electron chi connectivity index (χ2n) is 8.22. The summed E-state index contributed by atoms with van der Waals surface area (Å²) in [6, 6.07) is 14.6. The third-order valence-corrected chi connectivity index (χ3v) is 5.77. The molecule has 0 bridgehead atoms. The quantitative estimate of drug-likeness (QED) is 0.401. The molecule has 1 amide bonds. The number of amides is 1. The summed E-state index contributed by atoms with van der Waals surface area (Å²) in [6.45, 7) is 8.24. The van der Waals surface area contributed by atoms with Crippen molar-refractivity contribution in [3.05, 3.63) is 59.4 Å². The Morgan fingerprint density at radius 2 is 1.84 bits per heavy atom. The highest BCUT2D eigenvalue weighted by atomic mass is 16.5. The van der Waals surface area contributed by atoms with Gasteiger partial charge in [0.2, 0.25) is 5.91 Å². The standard InChI is InChI=1S/C26H35N3O2/c1-20-12-11-15-25(21(20)2)31-19-10-9-18-29-24-14-7-6-13-23(24)28-26(29)16-5-4-8-17-27-22(3)30/h6-7,11-15H,4-5,8-10,16-19H2,1-3H3,(H,27,30). The highest BCUT2D eigenvalue weighted by molar-refractivity contribution is 5.75. The number of para-hydroxylation sites is 2. The van der Waals surface area contributed by atoms with Crippen LogP contribution in [0.1, 0.15) is 56.0 Å². The molecule has 2 aromatic carbocycles. The lowest BCUT2D eigenvalue weighted by atomic mass is 10.1. The molecule has 166 valence electrons. The maximum absolute atomic E-state index is 11.0. The number of nitrogens with zero attached hydrogens (tertiary/aromatic N) is 2. The van der Waals surface area contributed by atoms with Gasteiger partial charge in [-0.2, -0.15) is 0 Å². The van der Waals surface area contributed by atoms with Crippen molar-refractivity contribution in [1.82, 2.24) is 14.9 Å². The van der Waals surface area contributed by atoms with Gasteiger partial charge in [0.25, 0.3) is 0 Å². The number of benzene rings is 2. The molecule has 0 saturated carbocycles. The summed E-state index contributed by atoms with van der Waals surface area (Å²) in [5.74, 6) is 2.20. The van der Waals surface area contributed by atoms with E-state index >= 15 is 0 Å². The molecule has 0 atom stereocenters. The van der Waals surface area contributed by atoms with Gasteiger partial charge >= 0.3 is 0 Å². The molecule has 3 rings (SSSR count). The Balaban J connectivity index is 1.51. The predicted octanol–water partition coefficient (Wildman–Crippen LogP) is 5.36. The first-order valence-corrected chi connectivity index (χ1v) is 11.4. The minimum absolute atomic E-state index is 0.0448. The fraction of sp³-hybridized carbons (Fsp3) is 0.462. The van der Waals surface area contributed by atoms with Crippen LogP contribution in [0.25, 0.3) is 11.0 Å². The Morgan fingerprint density at radius 1 is 1.00 bits per heavy atom. The van der Waals surface area contributed by atoms with Crippen LogP contribution >= 0.6 is 0 Å². The Kier molecular flexibility index (Phi) is 8.51. The minimum Gasteiger partial charge on any atom is -0.493 e. The second kappa shape index (κ2) is 11.5. The number of rotatable bonds is 12. The minimum atomic E-state index is 0.0448. The summed E-state index contributed by atoms with van der Waals surface area (Å²) < 4.78 is 8.40. The number of carbonyl (C=O) groups is 1. The summed E-state index contributed by atoms with van der Waals surface area (Å²) >= 11 is 0. The molecular formula is C26H35N3O2. The molecule has 0 saturated heterocycles. The highest BCUT2D eigenvalue weighted by Gasteiger charge is 2.10. The number of hydrogen-bond acceptors (Lipinski definition) is 3. The summed E-state index contributed by atoms with van der Waals surface area (Å²) in [6.07, 6.45) is 6.21. The molecule has 3 aromatic rings. The number of nitrogens with one attached hydrogen (secondary N) is 1. The lowest BCUT2D eigenvalue weighted by Crippen LogP contribution is -2.20. The Bertz CT molecular complexity index is 993. The van der Waals surface area contributed by atoms with E-state index in [2.05, 4.69) is 66.2 Å². The lowest BCUT2D eigenvalue weighted by Gasteiger charge is -2.12. The van der Waals surface area contributed by atoms with E-state index in [-0.39, 0.29) is 5.91 Å². The van der Waals surface area contributed by atoms with Gasteiger partial charge in [0.1, 0.15) is 11.6 Å². The third kappa shape index (κ3) is 6.58. The smallest absolute Gasteiger partial charge is 0.216 e. The molecule has 0 aliphatic carbocycles. The monoisotopic (exact) mass is 421 g/mol. The van der Waals surface area contributed by atoms with E-state index in [4.69, 9.17) is 9.72 Å². The van der Waals surface area contributed by atoms with Gasteiger partial charge in [0.05, 0.1) is 17.6 Å². The number of unbranched alkanes of at least 4 members (excludes halogenated alkanes) is 3. The molecule has 5 heteroatoms. The van der Waals surface area contributed by atoms with Crippen molar-refractivity contribution >= 4 is 16.9 Å². The molecule has 0 aliphatic heterocycles. The fourth-order valence-corrected chi connectivity index (χ4v) is 3.85. The number of carbonyl (C=O) groups excluding carboxylic acids is 1. The van der Waals surface area contributed by atoms with Crippen molar-refractivity contribution in [3.63, 3.8) is 0 Å². The van der Waals surface area contributed by atoms with Crippen molar-refractivity contribution in [2.75, 3.05) is 13.2 Å². The van der Waals surface area contributed by atoms with Gasteiger partial charge in [0, 0.05) is 26.4 Å². The number of fused-ring (bicyclic) bond motifs is 1. The van der Waals surface area contributed by atoms with Crippen LogP contribution in [0.5, 0.6) is 5.75 Å². The van der Waals surface area contributed by atoms with E-state index in [9.17, 15) is 4.79 Å². The van der Waals surface area contributed by atoms with E-state index in [0.29, 0.717) is 0 Å². The SMILES string of the molecule is CC(=O)NCCCCCc1nc2ccccc2n1CCCCOc1cccc(C)c1C. The zero-order chi connectivity index (χ0) is 22.1. The summed E-state index contributed by atoms with van der Waals surface area (Å²) in [5.41, 5.74) is 4.78. The van der Waals surface area contributed by atoms with E-state index in [1.54, 1.807) is 6.92 Å². The van der Waals surface area contributed by atoms with Crippen LogP contribution in [0.15, 0.2) is 42.5 Å². The Labute approximate surface area is 185 Å². The molecule has 1 aromatic heterocycles. The summed E-state index contributed by atoms with van der Waals surface area (Å²) in [4.78, 5) is 15.9. The van der Waals surface area contributed by atoms with Gasteiger partial charge in [-0.25, -0.2) is 4.98 Å². The topological polar surface area (TPSA) is 56.2 Å². The number of imidazole rings is 1. The molecule has 5 nitrogen and oxygen atoms in total. The van der Waals surface area contributed by atoms with E-state index in [1.807, 2.05) is 0 Å². The Hall–Kier alpha value is -2.82. The van der Waals surface area contributed by atoms with Crippen LogP contribution in [0.3, 0.4) is 0 Å².